The van der Waals surface area contributed by atoms with Gasteiger partial charge in [-0.3, -0.25) is 9.79 Å². The molecule has 1 aromatic rings. The minimum Gasteiger partial charge on any atom is -0.354 e. The Balaban J connectivity index is 2.59. The third-order valence-electron chi connectivity index (χ3n) is 3.64. The van der Waals surface area contributed by atoms with Gasteiger partial charge in [-0.15, -0.1) is 0 Å². The maximum absolute atomic E-state index is 11.7. The van der Waals surface area contributed by atoms with E-state index in [0.29, 0.717) is 22.7 Å². The Morgan fingerprint density at radius 2 is 2.05 bits per heavy atom. The molecule has 0 radical (unpaired) electrons. The van der Waals surface area contributed by atoms with Crippen molar-refractivity contribution in [3.8, 4) is 12.1 Å². The van der Waals surface area contributed by atoms with Gasteiger partial charge < -0.3 is 5.32 Å². The average Bonchev–Trinajstić information content (AvgIpc) is 2.53. The van der Waals surface area contributed by atoms with Crippen LogP contribution in [0.3, 0.4) is 0 Å². The van der Waals surface area contributed by atoms with E-state index in [2.05, 4.69) is 27.4 Å². The third-order valence-corrected chi connectivity index (χ3v) is 3.64. The first-order chi connectivity index (χ1) is 10.5. The summed E-state index contributed by atoms with van der Waals surface area (Å²) in [4.78, 5) is 20.3. The number of carbonyl (C=O) groups excluding carboxylic acids is 1. The topological polar surface area (TPSA) is 102 Å². The molecule has 0 saturated carbocycles. The lowest BCUT2D eigenvalue weighted by Gasteiger charge is -2.26. The van der Waals surface area contributed by atoms with Crippen molar-refractivity contribution in [3.63, 3.8) is 0 Å². The molecule has 0 bridgehead atoms. The standard InChI is InChI=1S/C16H15N5O/c1-9-11(7-17)15(12(8-18)10(2)20-9)13-5-4-6-14(21-13)16(22)19-3/h4-6,11,15H,1-3H3,(H,19,22). The van der Waals surface area contributed by atoms with Gasteiger partial charge in [0, 0.05) is 12.8 Å². The lowest BCUT2D eigenvalue weighted by molar-refractivity contribution is 0.0958. The molecule has 6 heteroatoms. The van der Waals surface area contributed by atoms with Crippen molar-refractivity contribution < 1.29 is 4.79 Å². The smallest absolute Gasteiger partial charge is 0.269 e. The predicted molar refractivity (Wildman–Crippen MR) is 80.9 cm³/mol. The number of nitrogens with zero attached hydrogens (tertiary/aromatic N) is 4. The molecule has 2 rings (SSSR count). The van der Waals surface area contributed by atoms with Crippen LogP contribution in [-0.2, 0) is 0 Å². The van der Waals surface area contributed by atoms with E-state index in [0.717, 1.165) is 0 Å². The molecule has 0 aliphatic carbocycles. The number of aromatic nitrogens is 1. The van der Waals surface area contributed by atoms with Gasteiger partial charge in [0.1, 0.15) is 5.69 Å². The molecule has 1 aliphatic heterocycles. The molecule has 0 saturated heterocycles. The van der Waals surface area contributed by atoms with Gasteiger partial charge in [-0.2, -0.15) is 10.5 Å². The summed E-state index contributed by atoms with van der Waals surface area (Å²) in [6, 6.07) is 9.35. The van der Waals surface area contributed by atoms with Crippen molar-refractivity contribution in [2.45, 2.75) is 19.8 Å². The van der Waals surface area contributed by atoms with Crippen LogP contribution in [0.15, 0.2) is 34.5 Å². The molecule has 2 atom stereocenters. The molecular formula is C16H15N5O. The number of allylic oxidation sites excluding steroid dienone is 2. The predicted octanol–water partition coefficient (Wildman–Crippen LogP) is 1.94. The molecule has 22 heavy (non-hydrogen) atoms. The van der Waals surface area contributed by atoms with Crippen molar-refractivity contribution in [1.82, 2.24) is 10.3 Å². The zero-order chi connectivity index (χ0) is 16.3. The van der Waals surface area contributed by atoms with E-state index in [1.54, 1.807) is 32.0 Å². The summed E-state index contributed by atoms with van der Waals surface area (Å²) in [5, 5.41) is 21.4. The number of pyridine rings is 1. The lowest BCUT2D eigenvalue weighted by Crippen LogP contribution is -2.26. The molecular weight excluding hydrogens is 278 g/mol. The maximum Gasteiger partial charge on any atom is 0.269 e. The summed E-state index contributed by atoms with van der Waals surface area (Å²) >= 11 is 0. The molecule has 0 aromatic carbocycles. The molecule has 6 nitrogen and oxygen atoms in total. The van der Waals surface area contributed by atoms with Gasteiger partial charge in [-0.1, -0.05) is 6.07 Å². The summed E-state index contributed by atoms with van der Waals surface area (Å²) in [7, 11) is 1.52. The molecule has 0 fully saturated rings. The van der Waals surface area contributed by atoms with Gasteiger partial charge in [-0.05, 0) is 26.0 Å². The van der Waals surface area contributed by atoms with Crippen molar-refractivity contribution in [3.05, 3.63) is 40.9 Å². The van der Waals surface area contributed by atoms with Crippen molar-refractivity contribution >= 4 is 11.6 Å². The SMILES string of the molecule is CNC(=O)c1cccc(C2C(C#N)=C(C)N=C(C)C2C#N)n1. The zero-order valence-corrected chi connectivity index (χ0v) is 12.6. The van der Waals surface area contributed by atoms with Crippen molar-refractivity contribution in [2.75, 3.05) is 7.05 Å². The highest BCUT2D eigenvalue weighted by Gasteiger charge is 2.35. The number of nitrogens with one attached hydrogen (secondary N) is 1. The fourth-order valence-electron chi connectivity index (χ4n) is 2.54. The fraction of sp³-hybridized carbons (Fsp3) is 0.312. The number of aliphatic imine (C=N–C) groups is 1. The van der Waals surface area contributed by atoms with Crippen molar-refractivity contribution in [2.24, 2.45) is 10.9 Å². The van der Waals surface area contributed by atoms with Crippen LogP contribution in [0.2, 0.25) is 0 Å². The summed E-state index contributed by atoms with van der Waals surface area (Å²) in [5.41, 5.74) is 2.43. The molecule has 1 aromatic heterocycles. The van der Waals surface area contributed by atoms with E-state index in [-0.39, 0.29) is 11.6 Å². The van der Waals surface area contributed by atoms with E-state index in [1.807, 2.05) is 0 Å². The van der Waals surface area contributed by atoms with Gasteiger partial charge >= 0.3 is 0 Å². The summed E-state index contributed by atoms with van der Waals surface area (Å²) < 4.78 is 0. The first-order valence-corrected chi connectivity index (χ1v) is 6.78. The summed E-state index contributed by atoms with van der Waals surface area (Å²) in [6.45, 7) is 3.51. The van der Waals surface area contributed by atoms with Gasteiger partial charge in [0.2, 0.25) is 0 Å². The number of carbonyl (C=O) groups is 1. The Morgan fingerprint density at radius 3 is 2.64 bits per heavy atom. The van der Waals surface area contributed by atoms with Gasteiger partial charge in [-0.25, -0.2) is 4.98 Å². The maximum atomic E-state index is 11.7. The van der Waals surface area contributed by atoms with E-state index >= 15 is 0 Å². The molecule has 0 spiro atoms. The molecule has 2 unspecified atom stereocenters. The number of hydrogen-bond donors (Lipinski definition) is 1. The highest BCUT2D eigenvalue weighted by atomic mass is 16.1. The number of amides is 1. The molecule has 1 aliphatic rings. The van der Waals surface area contributed by atoms with E-state index in [4.69, 9.17) is 0 Å². The van der Waals surface area contributed by atoms with Crippen LogP contribution in [0.5, 0.6) is 0 Å². The largest absolute Gasteiger partial charge is 0.354 e. The fourth-order valence-corrected chi connectivity index (χ4v) is 2.54. The van der Waals surface area contributed by atoms with Crippen LogP contribution < -0.4 is 5.32 Å². The van der Waals surface area contributed by atoms with Crippen LogP contribution in [0.4, 0.5) is 0 Å². The average molecular weight is 293 g/mol. The second-order valence-electron chi connectivity index (χ2n) is 4.98. The van der Waals surface area contributed by atoms with Gasteiger partial charge in [0.15, 0.2) is 0 Å². The van der Waals surface area contributed by atoms with Gasteiger partial charge in [0.25, 0.3) is 5.91 Å². The van der Waals surface area contributed by atoms with Crippen LogP contribution in [0, 0.1) is 28.6 Å². The monoisotopic (exact) mass is 293 g/mol. The van der Waals surface area contributed by atoms with Crippen LogP contribution in [-0.4, -0.2) is 23.7 Å². The molecule has 2 heterocycles. The van der Waals surface area contributed by atoms with E-state index in [9.17, 15) is 15.3 Å². The first kappa shape index (κ1) is 15.4. The van der Waals surface area contributed by atoms with E-state index < -0.39 is 11.8 Å². The minimum atomic E-state index is -0.564. The Hall–Kier alpha value is -2.99. The second-order valence-corrected chi connectivity index (χ2v) is 4.98. The molecule has 1 N–H and O–H groups in total. The Bertz CT molecular complexity index is 763. The highest BCUT2D eigenvalue weighted by Crippen LogP contribution is 2.37. The first-order valence-electron chi connectivity index (χ1n) is 6.78. The number of hydrogen-bond acceptors (Lipinski definition) is 5. The van der Waals surface area contributed by atoms with Crippen LogP contribution in [0.25, 0.3) is 0 Å². The third kappa shape index (κ3) is 2.59. The second kappa shape index (κ2) is 6.19. The number of rotatable bonds is 2. The molecule has 110 valence electrons. The van der Waals surface area contributed by atoms with Crippen LogP contribution in [0.1, 0.15) is 35.9 Å². The Kier molecular flexibility index (Phi) is 4.33. The molecule has 1 amide bonds. The lowest BCUT2D eigenvalue weighted by atomic mass is 9.79. The van der Waals surface area contributed by atoms with Crippen LogP contribution >= 0.6 is 0 Å². The number of nitriles is 2. The zero-order valence-electron chi connectivity index (χ0n) is 12.6. The summed E-state index contributed by atoms with van der Waals surface area (Å²) in [5.74, 6) is -1.38. The minimum absolute atomic E-state index is 0.256. The summed E-state index contributed by atoms with van der Waals surface area (Å²) in [6.07, 6.45) is 0. The highest BCUT2D eigenvalue weighted by molar-refractivity contribution is 5.92. The quantitative estimate of drug-likeness (QED) is 0.900. The van der Waals surface area contributed by atoms with Crippen molar-refractivity contribution in [1.29, 1.82) is 10.5 Å². The van der Waals surface area contributed by atoms with Gasteiger partial charge in [0.05, 0.1) is 40.9 Å². The normalized spacial score (nSPS) is 20.7. The Labute approximate surface area is 128 Å². The van der Waals surface area contributed by atoms with E-state index in [1.165, 1.54) is 7.05 Å². The Morgan fingerprint density at radius 1 is 1.32 bits per heavy atom.